The molecule has 0 radical (unpaired) electrons. The molecule has 6 heteroatoms. The molecule has 3 rings (SSSR count). The average Bonchev–Trinajstić information content (AvgIpc) is 3.18. The standard InChI is InChI=1S/C21H31N5O/c1-21(2,26-12-8-5-9-13-26)16-24-20(22-3)23-15-18-14-19(27-25-18)17-10-6-4-7-11-17/h4,6-7,10-11,14H,5,8-9,12-13,15-16H2,1-3H3,(H2,22,23,24). The van der Waals surface area contributed by atoms with Crippen LogP contribution in [0.15, 0.2) is 45.9 Å². The van der Waals surface area contributed by atoms with E-state index in [2.05, 4.69) is 39.5 Å². The van der Waals surface area contributed by atoms with Gasteiger partial charge in [-0.25, -0.2) is 0 Å². The van der Waals surface area contributed by atoms with E-state index in [1.165, 1.54) is 32.4 Å². The van der Waals surface area contributed by atoms with Crippen LogP contribution in [0.1, 0.15) is 38.8 Å². The summed E-state index contributed by atoms with van der Waals surface area (Å²) in [5.41, 5.74) is 1.99. The Labute approximate surface area is 162 Å². The van der Waals surface area contributed by atoms with Crippen molar-refractivity contribution in [2.75, 3.05) is 26.7 Å². The lowest BCUT2D eigenvalue weighted by atomic mass is 9.98. The van der Waals surface area contributed by atoms with E-state index in [0.717, 1.165) is 29.5 Å². The highest BCUT2D eigenvalue weighted by Crippen LogP contribution is 2.20. The first kappa shape index (κ1) is 19.4. The fourth-order valence-electron chi connectivity index (χ4n) is 3.44. The first-order chi connectivity index (χ1) is 13.1. The van der Waals surface area contributed by atoms with Crippen molar-refractivity contribution in [3.8, 4) is 11.3 Å². The fraction of sp³-hybridized carbons (Fsp3) is 0.524. The van der Waals surface area contributed by atoms with Crippen LogP contribution in [0, 0.1) is 0 Å². The zero-order valence-corrected chi connectivity index (χ0v) is 16.7. The molecular formula is C21H31N5O. The number of aliphatic imine (C=N–C) groups is 1. The maximum Gasteiger partial charge on any atom is 0.191 e. The average molecular weight is 370 g/mol. The van der Waals surface area contributed by atoms with Gasteiger partial charge in [-0.2, -0.15) is 0 Å². The van der Waals surface area contributed by atoms with Crippen LogP contribution in [-0.4, -0.2) is 48.2 Å². The molecule has 1 aromatic carbocycles. The predicted molar refractivity (Wildman–Crippen MR) is 110 cm³/mol. The van der Waals surface area contributed by atoms with Crippen molar-refractivity contribution in [3.63, 3.8) is 0 Å². The number of benzene rings is 1. The number of aromatic nitrogens is 1. The molecular weight excluding hydrogens is 338 g/mol. The third-order valence-electron chi connectivity index (χ3n) is 5.18. The summed E-state index contributed by atoms with van der Waals surface area (Å²) >= 11 is 0. The number of nitrogens with one attached hydrogen (secondary N) is 2. The fourth-order valence-corrected chi connectivity index (χ4v) is 3.44. The van der Waals surface area contributed by atoms with E-state index in [1.807, 2.05) is 36.4 Å². The van der Waals surface area contributed by atoms with Gasteiger partial charge in [0.1, 0.15) is 5.69 Å². The third-order valence-corrected chi connectivity index (χ3v) is 5.18. The number of piperidine rings is 1. The SMILES string of the molecule is CN=C(NCc1cc(-c2ccccc2)on1)NCC(C)(C)N1CCCCC1. The molecule has 2 aromatic rings. The molecule has 2 N–H and O–H groups in total. The molecule has 0 saturated carbocycles. The van der Waals surface area contributed by atoms with Crippen molar-refractivity contribution < 1.29 is 4.52 Å². The van der Waals surface area contributed by atoms with Crippen molar-refractivity contribution >= 4 is 5.96 Å². The van der Waals surface area contributed by atoms with Crippen LogP contribution in [0.2, 0.25) is 0 Å². The summed E-state index contributed by atoms with van der Waals surface area (Å²) in [6.07, 6.45) is 3.95. The van der Waals surface area contributed by atoms with E-state index in [1.54, 1.807) is 7.05 Å². The lowest BCUT2D eigenvalue weighted by Gasteiger charge is -2.41. The molecule has 0 atom stereocenters. The van der Waals surface area contributed by atoms with Crippen molar-refractivity contribution in [2.24, 2.45) is 4.99 Å². The summed E-state index contributed by atoms with van der Waals surface area (Å²) in [5.74, 6) is 1.56. The first-order valence-electron chi connectivity index (χ1n) is 9.79. The Balaban J connectivity index is 1.50. The van der Waals surface area contributed by atoms with Crippen LogP contribution in [0.3, 0.4) is 0 Å². The third kappa shape index (κ3) is 5.32. The molecule has 0 unspecified atom stereocenters. The zero-order chi connectivity index (χ0) is 19.1. The molecule has 0 bridgehead atoms. The summed E-state index contributed by atoms with van der Waals surface area (Å²) in [5, 5.41) is 10.9. The number of hydrogen-bond donors (Lipinski definition) is 2. The molecule has 1 aromatic heterocycles. The van der Waals surface area contributed by atoms with Crippen molar-refractivity contribution in [3.05, 3.63) is 42.1 Å². The predicted octanol–water partition coefficient (Wildman–Crippen LogP) is 3.27. The Bertz CT molecular complexity index is 732. The molecule has 0 amide bonds. The molecule has 0 aliphatic carbocycles. The van der Waals surface area contributed by atoms with Crippen LogP contribution in [0.4, 0.5) is 0 Å². The maximum absolute atomic E-state index is 5.45. The molecule has 0 spiro atoms. The summed E-state index contributed by atoms with van der Waals surface area (Å²) in [6.45, 7) is 8.37. The lowest BCUT2D eigenvalue weighted by molar-refractivity contribution is 0.0982. The normalized spacial score (nSPS) is 16.3. The second-order valence-electron chi connectivity index (χ2n) is 7.69. The highest BCUT2D eigenvalue weighted by molar-refractivity contribution is 5.79. The van der Waals surface area contributed by atoms with Gasteiger partial charge in [0.2, 0.25) is 0 Å². The van der Waals surface area contributed by atoms with E-state index in [9.17, 15) is 0 Å². The minimum atomic E-state index is 0.104. The van der Waals surface area contributed by atoms with Gasteiger partial charge in [0.05, 0.1) is 6.54 Å². The number of rotatable bonds is 6. The first-order valence-corrected chi connectivity index (χ1v) is 9.79. The van der Waals surface area contributed by atoms with E-state index < -0.39 is 0 Å². The Hall–Kier alpha value is -2.34. The molecule has 6 nitrogen and oxygen atoms in total. The molecule has 1 aliphatic rings. The molecule has 146 valence electrons. The molecule has 1 fully saturated rings. The zero-order valence-electron chi connectivity index (χ0n) is 16.7. The van der Waals surface area contributed by atoms with Crippen molar-refractivity contribution in [1.29, 1.82) is 0 Å². The quantitative estimate of drug-likeness (QED) is 0.604. The van der Waals surface area contributed by atoms with Gasteiger partial charge in [-0.3, -0.25) is 9.89 Å². The molecule has 27 heavy (non-hydrogen) atoms. The second kappa shape index (κ2) is 9.04. The Morgan fingerprint density at radius 3 is 2.59 bits per heavy atom. The Kier molecular flexibility index (Phi) is 6.50. The minimum absolute atomic E-state index is 0.104. The Morgan fingerprint density at radius 1 is 1.15 bits per heavy atom. The van der Waals surface area contributed by atoms with Crippen molar-refractivity contribution in [1.82, 2.24) is 20.7 Å². The summed E-state index contributed by atoms with van der Waals surface area (Å²) in [4.78, 5) is 6.90. The van der Waals surface area contributed by atoms with Gasteiger partial charge in [0.25, 0.3) is 0 Å². The van der Waals surface area contributed by atoms with Gasteiger partial charge in [-0.05, 0) is 39.8 Å². The highest BCUT2D eigenvalue weighted by atomic mass is 16.5. The van der Waals surface area contributed by atoms with Crippen LogP contribution >= 0.6 is 0 Å². The highest BCUT2D eigenvalue weighted by Gasteiger charge is 2.27. The van der Waals surface area contributed by atoms with Crippen LogP contribution in [0.5, 0.6) is 0 Å². The van der Waals surface area contributed by atoms with Gasteiger partial charge < -0.3 is 15.2 Å². The summed E-state index contributed by atoms with van der Waals surface area (Å²) in [6, 6.07) is 12.0. The molecule has 2 heterocycles. The smallest absolute Gasteiger partial charge is 0.191 e. The van der Waals surface area contributed by atoms with Crippen LogP contribution < -0.4 is 10.6 Å². The van der Waals surface area contributed by atoms with E-state index in [4.69, 9.17) is 4.52 Å². The van der Waals surface area contributed by atoms with Crippen LogP contribution in [0.25, 0.3) is 11.3 Å². The summed E-state index contributed by atoms with van der Waals surface area (Å²) in [7, 11) is 1.79. The van der Waals surface area contributed by atoms with Gasteiger partial charge in [0.15, 0.2) is 11.7 Å². The molecule has 1 aliphatic heterocycles. The second-order valence-corrected chi connectivity index (χ2v) is 7.69. The number of hydrogen-bond acceptors (Lipinski definition) is 4. The largest absolute Gasteiger partial charge is 0.356 e. The lowest BCUT2D eigenvalue weighted by Crippen LogP contribution is -2.54. The maximum atomic E-state index is 5.45. The number of nitrogens with zero attached hydrogens (tertiary/aromatic N) is 3. The van der Waals surface area contributed by atoms with Gasteiger partial charge >= 0.3 is 0 Å². The van der Waals surface area contributed by atoms with E-state index >= 15 is 0 Å². The van der Waals surface area contributed by atoms with E-state index in [0.29, 0.717) is 6.54 Å². The van der Waals surface area contributed by atoms with Crippen molar-refractivity contribution in [2.45, 2.75) is 45.2 Å². The monoisotopic (exact) mass is 369 g/mol. The minimum Gasteiger partial charge on any atom is -0.356 e. The Morgan fingerprint density at radius 2 is 1.89 bits per heavy atom. The summed E-state index contributed by atoms with van der Waals surface area (Å²) < 4.78 is 5.45. The van der Waals surface area contributed by atoms with Gasteiger partial charge in [0, 0.05) is 30.8 Å². The topological polar surface area (TPSA) is 65.7 Å². The van der Waals surface area contributed by atoms with Gasteiger partial charge in [-0.1, -0.05) is 41.9 Å². The van der Waals surface area contributed by atoms with Crippen LogP contribution in [-0.2, 0) is 6.54 Å². The number of guanidine groups is 1. The number of likely N-dealkylation sites (tertiary alicyclic amines) is 1. The molecule has 1 saturated heterocycles. The van der Waals surface area contributed by atoms with Gasteiger partial charge in [-0.15, -0.1) is 0 Å². The van der Waals surface area contributed by atoms with E-state index in [-0.39, 0.29) is 5.54 Å².